The molecule has 0 amide bonds. The van der Waals surface area contributed by atoms with Crippen LogP contribution in [-0.2, 0) is 13.1 Å². The van der Waals surface area contributed by atoms with Gasteiger partial charge in [-0.15, -0.1) is 11.3 Å². The SMILES string of the molecule is CCCn1cncc1C(CN)N(C)Cc1scnc1C. The second-order valence-corrected chi connectivity index (χ2v) is 5.98. The van der Waals surface area contributed by atoms with Crippen LogP contribution < -0.4 is 5.73 Å². The third-order valence-electron chi connectivity index (χ3n) is 3.54. The van der Waals surface area contributed by atoms with E-state index in [1.165, 1.54) is 10.6 Å². The van der Waals surface area contributed by atoms with Gasteiger partial charge >= 0.3 is 0 Å². The molecule has 0 spiro atoms. The third-order valence-corrected chi connectivity index (χ3v) is 4.46. The predicted octanol–water partition coefficient (Wildman–Crippen LogP) is 2.19. The fourth-order valence-corrected chi connectivity index (χ4v) is 3.22. The number of likely N-dealkylation sites (N-methyl/N-ethyl adjacent to an activating group) is 1. The highest BCUT2D eigenvalue weighted by Crippen LogP contribution is 2.23. The summed E-state index contributed by atoms with van der Waals surface area (Å²) in [5.41, 5.74) is 10.2. The lowest BCUT2D eigenvalue weighted by atomic mass is 10.2. The van der Waals surface area contributed by atoms with Crippen LogP contribution in [0.3, 0.4) is 0 Å². The largest absolute Gasteiger partial charge is 0.333 e. The molecular formula is C14H23N5S. The van der Waals surface area contributed by atoms with Crippen molar-refractivity contribution in [3.63, 3.8) is 0 Å². The van der Waals surface area contributed by atoms with Gasteiger partial charge in [-0.1, -0.05) is 6.92 Å². The van der Waals surface area contributed by atoms with Gasteiger partial charge in [-0.2, -0.15) is 0 Å². The summed E-state index contributed by atoms with van der Waals surface area (Å²) in [5, 5.41) is 0. The molecule has 0 aliphatic rings. The van der Waals surface area contributed by atoms with Crippen molar-refractivity contribution in [2.75, 3.05) is 13.6 Å². The number of aryl methyl sites for hydroxylation is 2. The highest BCUT2D eigenvalue weighted by atomic mass is 32.1. The lowest BCUT2D eigenvalue weighted by Gasteiger charge is -2.27. The smallest absolute Gasteiger partial charge is 0.0948 e. The van der Waals surface area contributed by atoms with Gasteiger partial charge in [0, 0.05) is 30.7 Å². The first-order chi connectivity index (χ1) is 9.67. The van der Waals surface area contributed by atoms with Gasteiger partial charge in [0.15, 0.2) is 0 Å². The molecule has 110 valence electrons. The van der Waals surface area contributed by atoms with Crippen LogP contribution in [-0.4, -0.2) is 33.0 Å². The van der Waals surface area contributed by atoms with Crippen LogP contribution >= 0.6 is 11.3 Å². The Balaban J connectivity index is 2.14. The first kappa shape index (κ1) is 15.2. The Labute approximate surface area is 124 Å². The molecule has 1 unspecified atom stereocenters. The van der Waals surface area contributed by atoms with E-state index >= 15 is 0 Å². The molecule has 2 aromatic rings. The van der Waals surface area contributed by atoms with Crippen molar-refractivity contribution in [1.29, 1.82) is 0 Å². The summed E-state index contributed by atoms with van der Waals surface area (Å²) in [6, 6.07) is 0.186. The Kier molecular flexibility index (Phi) is 5.28. The summed E-state index contributed by atoms with van der Waals surface area (Å²) in [5.74, 6) is 0. The summed E-state index contributed by atoms with van der Waals surface area (Å²) in [7, 11) is 2.11. The van der Waals surface area contributed by atoms with Gasteiger partial charge in [0.25, 0.3) is 0 Å². The van der Waals surface area contributed by atoms with Gasteiger partial charge in [-0.05, 0) is 20.4 Å². The first-order valence-electron chi connectivity index (χ1n) is 6.96. The Bertz CT molecular complexity index is 533. The molecule has 2 aromatic heterocycles. The van der Waals surface area contributed by atoms with Gasteiger partial charge < -0.3 is 10.3 Å². The average molecular weight is 293 g/mol. The average Bonchev–Trinajstić information content (AvgIpc) is 3.02. The molecule has 6 heteroatoms. The molecule has 0 aliphatic carbocycles. The molecule has 0 aliphatic heterocycles. The van der Waals surface area contributed by atoms with Crippen molar-refractivity contribution in [2.24, 2.45) is 5.73 Å². The van der Waals surface area contributed by atoms with Crippen molar-refractivity contribution in [3.05, 3.63) is 34.3 Å². The molecule has 2 N–H and O–H groups in total. The molecule has 5 nitrogen and oxygen atoms in total. The van der Waals surface area contributed by atoms with E-state index in [0.29, 0.717) is 6.54 Å². The molecule has 0 fully saturated rings. The zero-order chi connectivity index (χ0) is 14.5. The Hall–Kier alpha value is -1.24. The minimum atomic E-state index is 0.186. The monoisotopic (exact) mass is 293 g/mol. The van der Waals surface area contributed by atoms with E-state index in [1.54, 1.807) is 11.3 Å². The van der Waals surface area contributed by atoms with Crippen molar-refractivity contribution in [3.8, 4) is 0 Å². The van der Waals surface area contributed by atoms with E-state index in [1.807, 2.05) is 18.0 Å². The third kappa shape index (κ3) is 3.26. The lowest BCUT2D eigenvalue weighted by Crippen LogP contribution is -2.31. The van der Waals surface area contributed by atoms with E-state index in [2.05, 4.69) is 40.3 Å². The maximum atomic E-state index is 6.00. The van der Waals surface area contributed by atoms with E-state index in [-0.39, 0.29) is 6.04 Å². The van der Waals surface area contributed by atoms with Crippen LogP contribution in [0.4, 0.5) is 0 Å². The van der Waals surface area contributed by atoms with Crippen LogP contribution in [0.2, 0.25) is 0 Å². The highest BCUT2D eigenvalue weighted by Gasteiger charge is 2.20. The molecular weight excluding hydrogens is 270 g/mol. The van der Waals surface area contributed by atoms with E-state index in [9.17, 15) is 0 Å². The van der Waals surface area contributed by atoms with Crippen molar-refractivity contribution >= 4 is 11.3 Å². The number of hydrogen-bond donors (Lipinski definition) is 1. The number of nitrogens with zero attached hydrogens (tertiary/aromatic N) is 4. The summed E-state index contributed by atoms with van der Waals surface area (Å²) in [4.78, 5) is 12.2. The highest BCUT2D eigenvalue weighted by molar-refractivity contribution is 7.09. The molecule has 0 bridgehead atoms. The predicted molar refractivity (Wildman–Crippen MR) is 82.6 cm³/mol. The topological polar surface area (TPSA) is 60.0 Å². The van der Waals surface area contributed by atoms with Crippen molar-refractivity contribution in [1.82, 2.24) is 19.4 Å². The quantitative estimate of drug-likeness (QED) is 0.850. The Morgan fingerprint density at radius 1 is 1.50 bits per heavy atom. The summed E-state index contributed by atoms with van der Waals surface area (Å²) in [6.45, 7) is 6.67. The van der Waals surface area contributed by atoms with Crippen molar-refractivity contribution in [2.45, 2.75) is 39.4 Å². The molecule has 0 saturated carbocycles. The van der Waals surface area contributed by atoms with Gasteiger partial charge in [0.05, 0.1) is 29.3 Å². The lowest BCUT2D eigenvalue weighted by molar-refractivity contribution is 0.233. The molecule has 0 saturated heterocycles. The standard InChI is InChI=1S/C14H23N5S/c1-4-5-19-9-16-7-13(19)12(6-15)18(3)8-14-11(2)17-10-20-14/h7,9-10,12H,4-6,8,15H2,1-3H3. The number of nitrogens with two attached hydrogens (primary N) is 1. The maximum Gasteiger partial charge on any atom is 0.0948 e. The maximum absolute atomic E-state index is 6.00. The minimum absolute atomic E-state index is 0.186. The van der Waals surface area contributed by atoms with Gasteiger partial charge in [0.1, 0.15) is 0 Å². The summed E-state index contributed by atoms with van der Waals surface area (Å²) >= 11 is 1.70. The zero-order valence-corrected chi connectivity index (χ0v) is 13.2. The molecule has 1 atom stereocenters. The number of imidazole rings is 1. The number of aromatic nitrogens is 3. The van der Waals surface area contributed by atoms with E-state index in [4.69, 9.17) is 5.73 Å². The van der Waals surface area contributed by atoms with Crippen LogP contribution in [0, 0.1) is 6.92 Å². The van der Waals surface area contributed by atoms with Crippen LogP contribution in [0.25, 0.3) is 0 Å². The molecule has 20 heavy (non-hydrogen) atoms. The van der Waals surface area contributed by atoms with E-state index in [0.717, 1.165) is 25.2 Å². The molecule has 0 aromatic carbocycles. The molecule has 0 radical (unpaired) electrons. The minimum Gasteiger partial charge on any atom is -0.333 e. The van der Waals surface area contributed by atoms with Crippen LogP contribution in [0.15, 0.2) is 18.0 Å². The Morgan fingerprint density at radius 2 is 2.30 bits per heavy atom. The zero-order valence-electron chi connectivity index (χ0n) is 12.4. The normalized spacial score (nSPS) is 13.1. The molecule has 2 rings (SSSR count). The van der Waals surface area contributed by atoms with Gasteiger partial charge in [-0.25, -0.2) is 9.97 Å². The van der Waals surface area contributed by atoms with Crippen LogP contribution in [0.5, 0.6) is 0 Å². The van der Waals surface area contributed by atoms with Crippen LogP contribution in [0.1, 0.15) is 35.7 Å². The van der Waals surface area contributed by atoms with Gasteiger partial charge in [-0.3, -0.25) is 4.90 Å². The fraction of sp³-hybridized carbons (Fsp3) is 0.571. The first-order valence-corrected chi connectivity index (χ1v) is 7.84. The Morgan fingerprint density at radius 3 is 2.90 bits per heavy atom. The number of hydrogen-bond acceptors (Lipinski definition) is 5. The summed E-state index contributed by atoms with van der Waals surface area (Å²) < 4.78 is 2.20. The number of rotatable bonds is 7. The molecule has 2 heterocycles. The fourth-order valence-electron chi connectivity index (χ4n) is 2.38. The van der Waals surface area contributed by atoms with Gasteiger partial charge in [0.2, 0.25) is 0 Å². The van der Waals surface area contributed by atoms with E-state index < -0.39 is 0 Å². The number of thiazole rings is 1. The second-order valence-electron chi connectivity index (χ2n) is 5.04. The summed E-state index contributed by atoms with van der Waals surface area (Å²) in [6.07, 6.45) is 4.93. The second kappa shape index (κ2) is 6.97. The van der Waals surface area contributed by atoms with Crippen molar-refractivity contribution < 1.29 is 0 Å².